The van der Waals surface area contributed by atoms with Crippen LogP contribution < -0.4 is 9.80 Å². The second-order valence-corrected chi connectivity index (χ2v) is 8.92. The molecule has 31 heavy (non-hydrogen) atoms. The molecular formula is C20H26N10O. The summed E-state index contributed by atoms with van der Waals surface area (Å²) in [6.07, 6.45) is 1.52. The molecular weight excluding hydrogens is 396 g/mol. The van der Waals surface area contributed by atoms with E-state index in [-0.39, 0.29) is 5.41 Å². The fourth-order valence-corrected chi connectivity index (χ4v) is 3.81. The maximum absolute atomic E-state index is 5.26. The zero-order valence-corrected chi connectivity index (χ0v) is 18.4. The van der Waals surface area contributed by atoms with Crippen LogP contribution in [-0.2, 0) is 16.8 Å². The number of hydrogen-bond acceptors (Lipinski definition) is 9. The molecule has 11 nitrogen and oxygen atoms in total. The smallest absolute Gasteiger partial charge is 0.254 e. The number of nitrogens with zero attached hydrogens (tertiary/aromatic N) is 10. The van der Waals surface area contributed by atoms with Crippen LogP contribution in [0.1, 0.15) is 32.3 Å². The SMILES string of the molecule is COCc1cc(N(C)C2CN(c3ccc4nnc(C(C)(C)C)n4n3)C2)n2ncnc2n1. The topological polar surface area (TPSA) is 102 Å². The fraction of sp³-hybridized carbons (Fsp3) is 0.500. The van der Waals surface area contributed by atoms with Gasteiger partial charge in [-0.3, -0.25) is 0 Å². The van der Waals surface area contributed by atoms with E-state index in [0.29, 0.717) is 18.4 Å². The largest absolute Gasteiger partial charge is 0.378 e. The molecule has 0 radical (unpaired) electrons. The van der Waals surface area contributed by atoms with Gasteiger partial charge in [-0.25, -0.2) is 4.98 Å². The number of anilines is 2. The van der Waals surface area contributed by atoms with Crippen LogP contribution in [0.3, 0.4) is 0 Å². The highest BCUT2D eigenvalue weighted by atomic mass is 16.5. The molecule has 0 aromatic carbocycles. The van der Waals surface area contributed by atoms with Crippen molar-refractivity contribution in [3.8, 4) is 0 Å². The predicted molar refractivity (Wildman–Crippen MR) is 115 cm³/mol. The minimum atomic E-state index is -0.132. The van der Waals surface area contributed by atoms with Crippen LogP contribution in [0, 0.1) is 0 Å². The van der Waals surface area contributed by atoms with Gasteiger partial charge in [-0.05, 0) is 12.1 Å². The van der Waals surface area contributed by atoms with Crippen LogP contribution in [0.5, 0.6) is 0 Å². The van der Waals surface area contributed by atoms with E-state index in [1.807, 2.05) is 22.7 Å². The Hall–Kier alpha value is -3.34. The number of hydrogen-bond donors (Lipinski definition) is 0. The number of rotatable bonds is 5. The molecule has 0 atom stereocenters. The average molecular weight is 422 g/mol. The standard InChI is InChI=1S/C20H26N10O/c1-20(2,3)18-25-24-15-6-7-16(26-29(15)18)28-9-14(10-28)27(4)17-8-13(11-31-5)23-19-21-12-22-30(17)19/h6-8,12,14H,9-11H2,1-5H3. The second kappa shape index (κ2) is 7.12. The molecule has 0 saturated carbocycles. The molecule has 0 unspecified atom stereocenters. The zero-order valence-electron chi connectivity index (χ0n) is 18.4. The molecule has 4 aromatic rings. The van der Waals surface area contributed by atoms with Gasteiger partial charge < -0.3 is 14.5 Å². The lowest BCUT2D eigenvalue weighted by molar-refractivity contribution is 0.181. The van der Waals surface area contributed by atoms with Crippen molar-refractivity contribution in [1.29, 1.82) is 0 Å². The van der Waals surface area contributed by atoms with E-state index < -0.39 is 0 Å². The van der Waals surface area contributed by atoms with Crippen molar-refractivity contribution in [2.75, 3.05) is 37.0 Å². The third-order valence-corrected chi connectivity index (χ3v) is 5.59. The molecule has 5 rings (SSSR count). The summed E-state index contributed by atoms with van der Waals surface area (Å²) in [6, 6.07) is 6.29. The van der Waals surface area contributed by atoms with E-state index in [0.717, 1.165) is 41.9 Å². The van der Waals surface area contributed by atoms with Crippen molar-refractivity contribution >= 4 is 23.1 Å². The van der Waals surface area contributed by atoms with Crippen LogP contribution in [-0.4, -0.2) is 72.7 Å². The molecule has 1 aliphatic heterocycles. The van der Waals surface area contributed by atoms with Gasteiger partial charge in [0, 0.05) is 38.7 Å². The Labute approximate surface area is 179 Å². The molecule has 1 aliphatic rings. The van der Waals surface area contributed by atoms with E-state index >= 15 is 0 Å². The number of likely N-dealkylation sites (N-methyl/N-ethyl adjacent to an activating group) is 1. The first-order chi connectivity index (χ1) is 14.8. The van der Waals surface area contributed by atoms with Crippen molar-refractivity contribution in [2.45, 2.75) is 38.8 Å². The van der Waals surface area contributed by atoms with Crippen LogP contribution in [0.2, 0.25) is 0 Å². The molecule has 0 amide bonds. The molecule has 4 aromatic heterocycles. The number of aromatic nitrogens is 8. The normalized spacial score (nSPS) is 15.1. The van der Waals surface area contributed by atoms with Crippen LogP contribution in [0.4, 0.5) is 11.6 Å². The van der Waals surface area contributed by atoms with Crippen LogP contribution >= 0.6 is 0 Å². The summed E-state index contributed by atoms with van der Waals surface area (Å²) in [5.74, 6) is 3.29. The van der Waals surface area contributed by atoms with Gasteiger partial charge in [0.2, 0.25) is 0 Å². The Kier molecular flexibility index (Phi) is 4.50. The summed E-state index contributed by atoms with van der Waals surface area (Å²) in [4.78, 5) is 13.2. The molecule has 0 N–H and O–H groups in total. The molecule has 0 bridgehead atoms. The molecule has 0 spiro atoms. The fourth-order valence-electron chi connectivity index (χ4n) is 3.81. The van der Waals surface area contributed by atoms with Gasteiger partial charge in [0.1, 0.15) is 18.0 Å². The van der Waals surface area contributed by atoms with E-state index in [4.69, 9.17) is 9.84 Å². The van der Waals surface area contributed by atoms with Crippen molar-refractivity contribution < 1.29 is 4.74 Å². The highest BCUT2D eigenvalue weighted by Gasteiger charge is 2.33. The summed E-state index contributed by atoms with van der Waals surface area (Å²) in [7, 11) is 3.73. The summed E-state index contributed by atoms with van der Waals surface area (Å²) < 4.78 is 8.87. The third-order valence-electron chi connectivity index (χ3n) is 5.59. The lowest BCUT2D eigenvalue weighted by atomic mass is 9.96. The van der Waals surface area contributed by atoms with Gasteiger partial charge in [0.15, 0.2) is 11.5 Å². The highest BCUT2D eigenvalue weighted by Crippen LogP contribution is 2.27. The van der Waals surface area contributed by atoms with Gasteiger partial charge in [-0.1, -0.05) is 20.8 Å². The average Bonchev–Trinajstić information content (AvgIpc) is 3.32. The molecule has 162 valence electrons. The Bertz CT molecular complexity index is 1230. The Morgan fingerprint density at radius 1 is 1.16 bits per heavy atom. The van der Waals surface area contributed by atoms with Crippen molar-refractivity contribution in [3.63, 3.8) is 0 Å². The van der Waals surface area contributed by atoms with Gasteiger partial charge in [-0.15, -0.1) is 15.3 Å². The first kappa shape index (κ1) is 19.6. The van der Waals surface area contributed by atoms with Crippen LogP contribution in [0.25, 0.3) is 11.4 Å². The zero-order chi connectivity index (χ0) is 21.8. The molecule has 11 heteroatoms. The molecule has 1 fully saturated rings. The van der Waals surface area contributed by atoms with Crippen molar-refractivity contribution in [3.05, 3.63) is 36.0 Å². The maximum Gasteiger partial charge on any atom is 0.254 e. The maximum atomic E-state index is 5.26. The summed E-state index contributed by atoms with van der Waals surface area (Å²) in [5.41, 5.74) is 1.46. The van der Waals surface area contributed by atoms with E-state index in [2.05, 4.69) is 62.9 Å². The third kappa shape index (κ3) is 3.34. The number of ether oxygens (including phenoxy) is 1. The Morgan fingerprint density at radius 3 is 2.71 bits per heavy atom. The van der Waals surface area contributed by atoms with E-state index in [1.165, 1.54) is 6.33 Å². The first-order valence-corrected chi connectivity index (χ1v) is 10.2. The monoisotopic (exact) mass is 422 g/mol. The van der Waals surface area contributed by atoms with E-state index in [1.54, 1.807) is 11.6 Å². The summed E-state index contributed by atoms with van der Waals surface area (Å²) >= 11 is 0. The number of fused-ring (bicyclic) bond motifs is 2. The first-order valence-electron chi connectivity index (χ1n) is 10.2. The Balaban J connectivity index is 1.37. The predicted octanol–water partition coefficient (Wildman–Crippen LogP) is 1.33. The lowest BCUT2D eigenvalue weighted by Gasteiger charge is -2.45. The van der Waals surface area contributed by atoms with Crippen LogP contribution in [0.15, 0.2) is 24.5 Å². The van der Waals surface area contributed by atoms with Crippen molar-refractivity contribution in [2.24, 2.45) is 0 Å². The molecule has 1 saturated heterocycles. The van der Waals surface area contributed by atoms with Gasteiger partial charge >= 0.3 is 0 Å². The van der Waals surface area contributed by atoms with Gasteiger partial charge in [-0.2, -0.15) is 19.1 Å². The second-order valence-electron chi connectivity index (χ2n) is 8.92. The van der Waals surface area contributed by atoms with Crippen molar-refractivity contribution in [1.82, 2.24) is 39.4 Å². The molecule has 0 aliphatic carbocycles. The number of methoxy groups -OCH3 is 1. The Morgan fingerprint density at radius 2 is 1.97 bits per heavy atom. The van der Waals surface area contributed by atoms with E-state index in [9.17, 15) is 0 Å². The molecule has 5 heterocycles. The lowest BCUT2D eigenvalue weighted by Crippen LogP contribution is -2.59. The quantitative estimate of drug-likeness (QED) is 0.471. The minimum Gasteiger partial charge on any atom is -0.378 e. The minimum absolute atomic E-state index is 0.132. The summed E-state index contributed by atoms with van der Waals surface area (Å²) in [5, 5.41) is 17.7. The van der Waals surface area contributed by atoms with Gasteiger partial charge in [0.25, 0.3) is 5.78 Å². The summed E-state index contributed by atoms with van der Waals surface area (Å²) in [6.45, 7) is 8.47. The van der Waals surface area contributed by atoms with Gasteiger partial charge in [0.05, 0.1) is 18.3 Å². The highest BCUT2D eigenvalue weighted by molar-refractivity contribution is 5.53.